The van der Waals surface area contributed by atoms with E-state index in [1.54, 1.807) is 0 Å². The Bertz CT molecular complexity index is 1430. The van der Waals surface area contributed by atoms with Gasteiger partial charge in [-0.05, 0) is 43.3 Å². The number of amides is 1. The van der Waals surface area contributed by atoms with E-state index >= 15 is 0 Å². The van der Waals surface area contributed by atoms with E-state index in [0.29, 0.717) is 5.56 Å². The molecule has 1 saturated heterocycles. The summed E-state index contributed by atoms with van der Waals surface area (Å²) in [5.74, 6) is -1.41. The number of sulfonamides is 1. The number of nitrogens with zero attached hydrogens (tertiary/aromatic N) is 4. The van der Waals surface area contributed by atoms with E-state index in [-0.39, 0.29) is 23.0 Å². The number of aromatic nitrogens is 3. The van der Waals surface area contributed by atoms with Crippen molar-refractivity contribution in [2.24, 2.45) is 0 Å². The molecule has 3 heterocycles. The van der Waals surface area contributed by atoms with Crippen molar-refractivity contribution in [1.29, 1.82) is 0 Å². The zero-order valence-electron chi connectivity index (χ0n) is 20.0. The third-order valence-electron chi connectivity index (χ3n) is 6.11. The molecule has 0 aliphatic carbocycles. The number of rotatable bonds is 7. The lowest BCUT2D eigenvalue weighted by molar-refractivity contribution is -0.141. The number of alkyl halides is 4. The molecule has 38 heavy (non-hydrogen) atoms. The number of pyridine rings is 1. The second kappa shape index (κ2) is 9.94. The van der Waals surface area contributed by atoms with E-state index in [1.165, 1.54) is 24.9 Å². The average molecular weight is 560 g/mol. The molecule has 1 aliphatic heterocycles. The summed E-state index contributed by atoms with van der Waals surface area (Å²) in [6.45, 7) is 0.510. The first-order chi connectivity index (χ1) is 17.8. The molecule has 0 radical (unpaired) electrons. The van der Waals surface area contributed by atoms with Crippen LogP contribution in [0, 0.1) is 5.82 Å². The van der Waals surface area contributed by atoms with Gasteiger partial charge >= 0.3 is 6.18 Å². The van der Waals surface area contributed by atoms with Gasteiger partial charge in [-0.2, -0.15) is 17.5 Å². The van der Waals surface area contributed by atoms with Crippen LogP contribution in [-0.2, 0) is 27.5 Å². The van der Waals surface area contributed by atoms with Gasteiger partial charge in [0.15, 0.2) is 0 Å². The van der Waals surface area contributed by atoms with Crippen LogP contribution in [0.1, 0.15) is 24.6 Å². The predicted octanol–water partition coefficient (Wildman–Crippen LogP) is 3.24. The van der Waals surface area contributed by atoms with Gasteiger partial charge in [0.05, 0.1) is 29.5 Å². The monoisotopic (exact) mass is 559 g/mol. The lowest BCUT2D eigenvalue weighted by Gasteiger charge is -2.32. The number of halogens is 5. The number of ether oxygens (including phenoxy) is 1. The van der Waals surface area contributed by atoms with Crippen molar-refractivity contribution in [3.05, 3.63) is 65.9 Å². The van der Waals surface area contributed by atoms with Crippen LogP contribution in [0.5, 0.6) is 5.88 Å². The average Bonchev–Trinajstić information content (AvgIpc) is 3.43. The Balaban J connectivity index is 1.54. The smallest absolute Gasteiger partial charge is 0.433 e. The number of benzene rings is 1. The first kappa shape index (κ1) is 27.4. The first-order valence-corrected chi connectivity index (χ1v) is 12.6. The standard InChI is InChI=1S/C23H22F5N5O4S/c1-22(9-16(25)13-33(22)38(35,36)18-6-3-15(24)4-7-18)21(34)30-10-14-12-32(31-20(14)37-2)17-5-8-19(29-11-17)23(26,27)28/h3-8,11-12,16H,9-10,13H2,1-2H3,(H,30,34)/t16-,22-/m1/s1. The Kier molecular flexibility index (Phi) is 7.18. The predicted molar refractivity (Wildman–Crippen MR) is 123 cm³/mol. The van der Waals surface area contributed by atoms with Gasteiger partial charge in [-0.25, -0.2) is 26.9 Å². The van der Waals surface area contributed by atoms with Crippen molar-refractivity contribution in [1.82, 2.24) is 24.4 Å². The van der Waals surface area contributed by atoms with E-state index in [0.717, 1.165) is 46.9 Å². The lowest BCUT2D eigenvalue weighted by atomic mass is 9.98. The zero-order chi connectivity index (χ0) is 27.9. The van der Waals surface area contributed by atoms with Crippen molar-refractivity contribution < 1.29 is 39.9 Å². The van der Waals surface area contributed by atoms with Gasteiger partial charge in [0, 0.05) is 25.7 Å². The molecule has 1 aromatic carbocycles. The number of hydrogen-bond acceptors (Lipinski definition) is 6. The molecule has 15 heteroatoms. The molecule has 1 N–H and O–H groups in total. The van der Waals surface area contributed by atoms with Crippen LogP contribution in [0.25, 0.3) is 5.69 Å². The highest BCUT2D eigenvalue weighted by Crippen LogP contribution is 2.36. The van der Waals surface area contributed by atoms with Crippen molar-refractivity contribution in [3.63, 3.8) is 0 Å². The number of hydrogen-bond donors (Lipinski definition) is 1. The summed E-state index contributed by atoms with van der Waals surface area (Å²) in [5.41, 5.74) is -2.38. The Morgan fingerprint density at radius 1 is 1.21 bits per heavy atom. The fourth-order valence-electron chi connectivity index (χ4n) is 4.16. The van der Waals surface area contributed by atoms with Crippen molar-refractivity contribution in [3.8, 4) is 11.6 Å². The highest BCUT2D eigenvalue weighted by Gasteiger charge is 2.53. The third-order valence-corrected chi connectivity index (χ3v) is 8.11. The number of carbonyl (C=O) groups excluding carboxylic acids is 1. The molecular weight excluding hydrogens is 537 g/mol. The molecule has 1 fully saturated rings. The van der Waals surface area contributed by atoms with Crippen LogP contribution in [-0.4, -0.2) is 58.8 Å². The summed E-state index contributed by atoms with van der Waals surface area (Å²) in [7, 11) is -3.05. The Morgan fingerprint density at radius 2 is 1.89 bits per heavy atom. The largest absolute Gasteiger partial charge is 0.480 e. The van der Waals surface area contributed by atoms with Crippen LogP contribution in [0.4, 0.5) is 22.0 Å². The molecule has 4 rings (SSSR count). The second-order valence-corrected chi connectivity index (χ2v) is 10.6. The van der Waals surface area contributed by atoms with E-state index in [4.69, 9.17) is 4.74 Å². The molecule has 9 nitrogen and oxygen atoms in total. The topological polar surface area (TPSA) is 106 Å². The van der Waals surface area contributed by atoms with Crippen LogP contribution in [0.2, 0.25) is 0 Å². The van der Waals surface area contributed by atoms with Crippen molar-refractivity contribution >= 4 is 15.9 Å². The Hall–Kier alpha value is -3.59. The van der Waals surface area contributed by atoms with Crippen LogP contribution in [0.3, 0.4) is 0 Å². The molecule has 0 spiro atoms. The Labute approximate surface area is 214 Å². The highest BCUT2D eigenvalue weighted by molar-refractivity contribution is 7.89. The molecule has 2 aromatic heterocycles. The second-order valence-electron chi connectivity index (χ2n) is 8.76. The fourth-order valence-corrected chi connectivity index (χ4v) is 5.94. The summed E-state index contributed by atoms with van der Waals surface area (Å²) < 4.78 is 99.6. The van der Waals surface area contributed by atoms with Crippen molar-refractivity contribution in [2.75, 3.05) is 13.7 Å². The SMILES string of the molecule is COc1nn(-c2ccc(C(F)(F)F)nc2)cc1CNC(=O)[C@@]1(C)C[C@@H](F)CN1S(=O)(=O)c1ccc(F)cc1. The van der Waals surface area contributed by atoms with E-state index in [2.05, 4.69) is 15.4 Å². The number of carbonyl (C=O) groups is 1. The molecule has 0 saturated carbocycles. The molecule has 1 amide bonds. The molecule has 0 bridgehead atoms. The molecular formula is C23H22F5N5O4S. The summed E-state index contributed by atoms with van der Waals surface area (Å²) >= 11 is 0. The maximum atomic E-state index is 14.5. The quantitative estimate of drug-likeness (QED) is 0.446. The van der Waals surface area contributed by atoms with Gasteiger partial charge < -0.3 is 10.1 Å². The minimum absolute atomic E-state index is 0.0425. The highest BCUT2D eigenvalue weighted by atomic mass is 32.2. The van der Waals surface area contributed by atoms with Gasteiger partial charge in [-0.1, -0.05) is 0 Å². The maximum absolute atomic E-state index is 14.5. The molecule has 1 aliphatic rings. The minimum Gasteiger partial charge on any atom is -0.480 e. The molecule has 2 atom stereocenters. The summed E-state index contributed by atoms with van der Waals surface area (Å²) in [6.07, 6.45) is -4.27. The summed E-state index contributed by atoms with van der Waals surface area (Å²) in [6, 6.07) is 5.90. The van der Waals surface area contributed by atoms with Crippen LogP contribution >= 0.6 is 0 Å². The van der Waals surface area contributed by atoms with Gasteiger partial charge in [-0.15, -0.1) is 5.10 Å². The Morgan fingerprint density at radius 3 is 2.47 bits per heavy atom. The van der Waals surface area contributed by atoms with Crippen LogP contribution in [0.15, 0.2) is 53.7 Å². The van der Waals surface area contributed by atoms with E-state index < -0.39 is 58.3 Å². The normalized spacial score (nSPS) is 20.4. The van der Waals surface area contributed by atoms with Gasteiger partial charge in [-0.3, -0.25) is 4.79 Å². The van der Waals surface area contributed by atoms with Crippen molar-refractivity contribution in [2.45, 2.75) is 42.7 Å². The summed E-state index contributed by atoms with van der Waals surface area (Å²) in [5, 5.41) is 6.69. The molecule has 0 unspecified atom stereocenters. The van der Waals surface area contributed by atoms with Gasteiger partial charge in [0.1, 0.15) is 23.2 Å². The minimum atomic E-state index is -4.61. The van der Waals surface area contributed by atoms with Gasteiger partial charge in [0.25, 0.3) is 0 Å². The molecule has 3 aromatic rings. The van der Waals surface area contributed by atoms with Gasteiger partial charge in [0.2, 0.25) is 21.8 Å². The molecule has 204 valence electrons. The van der Waals surface area contributed by atoms with E-state index in [1.807, 2.05) is 0 Å². The fraction of sp³-hybridized carbons (Fsp3) is 0.348. The lowest BCUT2D eigenvalue weighted by Crippen LogP contribution is -2.55. The third kappa shape index (κ3) is 5.20. The maximum Gasteiger partial charge on any atom is 0.433 e. The summed E-state index contributed by atoms with van der Waals surface area (Å²) in [4.78, 5) is 16.3. The van der Waals surface area contributed by atoms with Crippen LogP contribution < -0.4 is 10.1 Å². The first-order valence-electron chi connectivity index (χ1n) is 11.1. The van der Waals surface area contributed by atoms with E-state index in [9.17, 15) is 35.2 Å². The zero-order valence-corrected chi connectivity index (χ0v) is 20.9. The number of nitrogens with one attached hydrogen (secondary N) is 1. The number of methoxy groups -OCH3 is 1.